The van der Waals surface area contributed by atoms with E-state index in [0.29, 0.717) is 25.9 Å². The number of nitrogens with zero attached hydrogens (tertiary/aromatic N) is 1. The molecule has 1 fully saturated rings. The average Bonchev–Trinajstić information content (AvgIpc) is 2.67. The highest BCUT2D eigenvalue weighted by Crippen LogP contribution is 2.25. The second-order valence-electron chi connectivity index (χ2n) is 7.65. The van der Waals surface area contributed by atoms with Gasteiger partial charge in [-0.25, -0.2) is 12.7 Å². The van der Waals surface area contributed by atoms with Gasteiger partial charge in [-0.1, -0.05) is 42.0 Å². The van der Waals surface area contributed by atoms with Crippen molar-refractivity contribution in [2.75, 3.05) is 18.4 Å². The lowest BCUT2D eigenvalue weighted by molar-refractivity contribution is -0.120. The van der Waals surface area contributed by atoms with Crippen molar-refractivity contribution in [2.24, 2.45) is 5.92 Å². The molecule has 5 nitrogen and oxygen atoms in total. The Morgan fingerprint density at radius 3 is 2.32 bits per heavy atom. The number of carbonyl (C=O) groups excluding carboxylic acids is 1. The van der Waals surface area contributed by atoms with E-state index in [-0.39, 0.29) is 17.6 Å². The van der Waals surface area contributed by atoms with Gasteiger partial charge in [0.15, 0.2) is 0 Å². The smallest absolute Gasteiger partial charge is 0.227 e. The van der Waals surface area contributed by atoms with Gasteiger partial charge in [-0.15, -0.1) is 0 Å². The Hall–Kier alpha value is -2.18. The number of piperidine rings is 1. The molecule has 2 aromatic rings. The van der Waals surface area contributed by atoms with E-state index in [0.717, 1.165) is 27.9 Å². The predicted molar refractivity (Wildman–Crippen MR) is 113 cm³/mol. The summed E-state index contributed by atoms with van der Waals surface area (Å²) in [4.78, 5) is 12.6. The number of carbonyl (C=O) groups is 1. The summed E-state index contributed by atoms with van der Waals surface area (Å²) in [6.07, 6.45) is 1.09. The van der Waals surface area contributed by atoms with Gasteiger partial charge in [0.2, 0.25) is 15.9 Å². The van der Waals surface area contributed by atoms with E-state index < -0.39 is 10.0 Å². The van der Waals surface area contributed by atoms with Crippen molar-refractivity contribution >= 4 is 21.6 Å². The molecule has 1 saturated heterocycles. The maximum atomic E-state index is 12.7. The Kier molecular flexibility index (Phi) is 6.20. The largest absolute Gasteiger partial charge is 0.326 e. The normalized spacial score (nSPS) is 16.1. The lowest BCUT2D eigenvalue weighted by Gasteiger charge is -2.30. The first-order valence-corrected chi connectivity index (χ1v) is 11.3. The van der Waals surface area contributed by atoms with Crippen LogP contribution in [0.15, 0.2) is 42.5 Å². The molecule has 0 aromatic heterocycles. The maximum Gasteiger partial charge on any atom is 0.227 e. The third-order valence-corrected chi connectivity index (χ3v) is 7.40. The molecule has 0 radical (unpaired) electrons. The summed E-state index contributed by atoms with van der Waals surface area (Å²) >= 11 is 0. The molecule has 0 saturated carbocycles. The second kappa shape index (κ2) is 8.45. The summed E-state index contributed by atoms with van der Waals surface area (Å²) < 4.78 is 27.0. The van der Waals surface area contributed by atoms with Gasteiger partial charge in [-0.2, -0.15) is 0 Å². The topological polar surface area (TPSA) is 66.5 Å². The number of aryl methyl sites for hydroxylation is 2. The zero-order chi connectivity index (χ0) is 20.3. The zero-order valence-electron chi connectivity index (χ0n) is 16.7. The molecule has 1 heterocycles. The molecule has 0 bridgehead atoms. The highest BCUT2D eigenvalue weighted by atomic mass is 32.2. The Labute approximate surface area is 167 Å². The first-order valence-electron chi connectivity index (χ1n) is 9.67. The van der Waals surface area contributed by atoms with E-state index in [9.17, 15) is 13.2 Å². The fourth-order valence-corrected chi connectivity index (χ4v) is 5.07. The number of amides is 1. The summed E-state index contributed by atoms with van der Waals surface area (Å²) in [7, 11) is -3.37. The first-order chi connectivity index (χ1) is 13.3. The molecule has 28 heavy (non-hydrogen) atoms. The third-order valence-electron chi connectivity index (χ3n) is 5.55. The Bertz CT molecular complexity index is 944. The molecule has 0 unspecified atom stereocenters. The van der Waals surface area contributed by atoms with Gasteiger partial charge >= 0.3 is 0 Å². The van der Waals surface area contributed by atoms with Crippen LogP contribution in [-0.4, -0.2) is 31.7 Å². The van der Waals surface area contributed by atoms with Crippen molar-refractivity contribution < 1.29 is 13.2 Å². The fraction of sp³-hybridized carbons (Fsp3) is 0.409. The summed E-state index contributed by atoms with van der Waals surface area (Å²) in [6.45, 7) is 6.76. The summed E-state index contributed by atoms with van der Waals surface area (Å²) in [5.41, 5.74) is 4.93. The van der Waals surface area contributed by atoms with Gasteiger partial charge in [-0.05, 0) is 56.4 Å². The standard InChI is InChI=1S/C22H28N2O3S/c1-16-7-9-19(10-8-16)15-28(26,27)24-13-11-20(12-14-24)22(25)23-21-6-4-5-17(2)18(21)3/h4-10,20H,11-15H2,1-3H3,(H,23,25). The van der Waals surface area contributed by atoms with Crippen LogP contribution in [-0.2, 0) is 20.6 Å². The quantitative estimate of drug-likeness (QED) is 0.830. The van der Waals surface area contributed by atoms with E-state index in [1.807, 2.05) is 63.2 Å². The van der Waals surface area contributed by atoms with Crippen molar-refractivity contribution in [3.63, 3.8) is 0 Å². The number of nitrogens with one attached hydrogen (secondary N) is 1. The molecule has 1 aliphatic rings. The van der Waals surface area contributed by atoms with Crippen molar-refractivity contribution in [3.8, 4) is 0 Å². The molecule has 150 valence electrons. The van der Waals surface area contributed by atoms with Crippen molar-refractivity contribution in [2.45, 2.75) is 39.4 Å². The molecule has 0 spiro atoms. The van der Waals surface area contributed by atoms with E-state index in [2.05, 4.69) is 5.32 Å². The summed E-state index contributed by atoms with van der Waals surface area (Å²) in [6, 6.07) is 13.4. The second-order valence-corrected chi connectivity index (χ2v) is 9.62. The van der Waals surface area contributed by atoms with Gasteiger partial charge in [0.1, 0.15) is 0 Å². The highest BCUT2D eigenvalue weighted by molar-refractivity contribution is 7.88. The van der Waals surface area contributed by atoms with Gasteiger partial charge < -0.3 is 5.32 Å². The number of hydrogen-bond donors (Lipinski definition) is 1. The monoisotopic (exact) mass is 400 g/mol. The summed E-state index contributed by atoms with van der Waals surface area (Å²) in [5.74, 6) is -0.179. The van der Waals surface area contributed by atoms with E-state index in [1.54, 1.807) is 0 Å². The minimum atomic E-state index is -3.37. The number of anilines is 1. The number of rotatable bonds is 5. The molecule has 0 aliphatic carbocycles. The van der Waals surface area contributed by atoms with Crippen LogP contribution < -0.4 is 5.32 Å². The molecule has 0 atom stereocenters. The van der Waals surface area contributed by atoms with E-state index >= 15 is 0 Å². The van der Waals surface area contributed by atoms with Crippen LogP contribution in [0.25, 0.3) is 0 Å². The van der Waals surface area contributed by atoms with Crippen LogP contribution in [0.2, 0.25) is 0 Å². The number of sulfonamides is 1. The van der Waals surface area contributed by atoms with E-state index in [4.69, 9.17) is 0 Å². The Balaban J connectivity index is 1.58. The van der Waals surface area contributed by atoms with Crippen LogP contribution in [0.5, 0.6) is 0 Å². The molecule has 1 aliphatic heterocycles. The lowest BCUT2D eigenvalue weighted by atomic mass is 9.97. The minimum Gasteiger partial charge on any atom is -0.326 e. The Morgan fingerprint density at radius 2 is 1.68 bits per heavy atom. The third kappa shape index (κ3) is 4.80. The minimum absolute atomic E-state index is 0.00658. The number of hydrogen-bond acceptors (Lipinski definition) is 3. The van der Waals surface area contributed by atoms with Gasteiger partial charge in [0, 0.05) is 24.7 Å². The van der Waals surface area contributed by atoms with E-state index in [1.165, 1.54) is 4.31 Å². The Morgan fingerprint density at radius 1 is 1.04 bits per heavy atom. The lowest BCUT2D eigenvalue weighted by Crippen LogP contribution is -2.41. The molecule has 1 amide bonds. The van der Waals surface area contributed by atoms with Crippen molar-refractivity contribution in [1.29, 1.82) is 0 Å². The maximum absolute atomic E-state index is 12.7. The van der Waals surface area contributed by atoms with Crippen molar-refractivity contribution in [1.82, 2.24) is 4.31 Å². The van der Waals surface area contributed by atoms with Crippen LogP contribution in [0.4, 0.5) is 5.69 Å². The molecule has 1 N–H and O–H groups in total. The van der Waals surface area contributed by atoms with Crippen LogP contribution in [0.1, 0.15) is 35.1 Å². The van der Waals surface area contributed by atoms with Gasteiger partial charge in [0.05, 0.1) is 5.75 Å². The zero-order valence-corrected chi connectivity index (χ0v) is 17.6. The van der Waals surface area contributed by atoms with Gasteiger partial charge in [-0.3, -0.25) is 4.79 Å². The van der Waals surface area contributed by atoms with Crippen LogP contribution in [0.3, 0.4) is 0 Å². The van der Waals surface area contributed by atoms with Gasteiger partial charge in [0.25, 0.3) is 0 Å². The SMILES string of the molecule is Cc1ccc(CS(=O)(=O)N2CCC(C(=O)Nc3cccc(C)c3C)CC2)cc1. The van der Waals surface area contributed by atoms with Crippen molar-refractivity contribution in [3.05, 3.63) is 64.7 Å². The molecule has 6 heteroatoms. The molecule has 2 aromatic carbocycles. The highest BCUT2D eigenvalue weighted by Gasteiger charge is 2.31. The van der Waals surface area contributed by atoms with Crippen LogP contribution in [0, 0.1) is 26.7 Å². The predicted octanol–water partition coefficient (Wildman–Crippen LogP) is 3.79. The number of benzene rings is 2. The van der Waals surface area contributed by atoms with Crippen LogP contribution >= 0.6 is 0 Å². The molecular formula is C22H28N2O3S. The molecular weight excluding hydrogens is 372 g/mol. The fourth-order valence-electron chi connectivity index (χ4n) is 3.50. The summed E-state index contributed by atoms with van der Waals surface area (Å²) in [5, 5.41) is 3.01. The average molecular weight is 401 g/mol. The molecule has 3 rings (SSSR count). The first kappa shape index (κ1) is 20.6.